The maximum atomic E-state index is 12.2. The van der Waals surface area contributed by atoms with Gasteiger partial charge >= 0.3 is 0 Å². The van der Waals surface area contributed by atoms with Crippen LogP contribution in [0.2, 0.25) is 0 Å². The van der Waals surface area contributed by atoms with E-state index in [9.17, 15) is 9.59 Å². The number of hydrogen-bond acceptors (Lipinski definition) is 3. The van der Waals surface area contributed by atoms with Crippen molar-refractivity contribution in [2.75, 3.05) is 13.1 Å². The summed E-state index contributed by atoms with van der Waals surface area (Å²) in [5.41, 5.74) is -0.0305. The Morgan fingerprint density at radius 3 is 2.57 bits per heavy atom. The molecule has 1 N–H and O–H groups in total. The first kappa shape index (κ1) is 16.2. The highest BCUT2D eigenvalue weighted by molar-refractivity contribution is 5.76. The largest absolute Gasteiger partial charge is 0.351 e. The predicted molar refractivity (Wildman–Crippen MR) is 90.3 cm³/mol. The lowest BCUT2D eigenvalue weighted by Gasteiger charge is -2.40. The molecule has 1 aliphatic carbocycles. The van der Waals surface area contributed by atoms with Crippen molar-refractivity contribution in [3.05, 3.63) is 34.7 Å². The Hall–Kier alpha value is -1.62. The first-order valence-electron chi connectivity index (χ1n) is 8.90. The summed E-state index contributed by atoms with van der Waals surface area (Å²) in [7, 11) is 0. The topological polar surface area (TPSA) is 54.3 Å². The van der Waals surface area contributed by atoms with Gasteiger partial charge in [-0.25, -0.2) is 0 Å². The van der Waals surface area contributed by atoms with E-state index in [1.54, 1.807) is 17.0 Å². The lowest BCUT2D eigenvalue weighted by atomic mass is 9.92. The Kier molecular flexibility index (Phi) is 5.49. The van der Waals surface area contributed by atoms with Gasteiger partial charge in [0.15, 0.2) is 5.43 Å². The second kappa shape index (κ2) is 7.77. The SMILES string of the molecule is O=C(Cn1ccc(=O)cc1)NC1CCCN(C2CCCCC2)C1. The molecule has 3 rings (SSSR count). The fraction of sp³-hybridized carbons (Fsp3) is 0.667. The highest BCUT2D eigenvalue weighted by Crippen LogP contribution is 2.25. The highest BCUT2D eigenvalue weighted by Gasteiger charge is 2.27. The number of likely N-dealkylation sites (tertiary alicyclic amines) is 1. The van der Waals surface area contributed by atoms with E-state index in [1.165, 1.54) is 57.2 Å². The minimum Gasteiger partial charge on any atom is -0.351 e. The second-order valence-electron chi connectivity index (χ2n) is 6.90. The van der Waals surface area contributed by atoms with Crippen LogP contribution in [0.15, 0.2) is 29.3 Å². The Balaban J connectivity index is 1.49. The number of nitrogens with one attached hydrogen (secondary N) is 1. The molecule has 1 amide bonds. The Bertz CT molecular complexity index is 557. The van der Waals surface area contributed by atoms with E-state index in [0.29, 0.717) is 0 Å². The summed E-state index contributed by atoms with van der Waals surface area (Å²) in [4.78, 5) is 25.9. The van der Waals surface area contributed by atoms with Crippen LogP contribution in [0, 0.1) is 0 Å². The van der Waals surface area contributed by atoms with E-state index in [0.717, 1.165) is 19.0 Å². The maximum absolute atomic E-state index is 12.2. The van der Waals surface area contributed by atoms with Gasteiger partial charge in [-0.3, -0.25) is 14.5 Å². The average molecular weight is 317 g/mol. The third-order valence-corrected chi connectivity index (χ3v) is 5.10. The molecule has 0 bridgehead atoms. The summed E-state index contributed by atoms with van der Waals surface area (Å²) in [5, 5.41) is 3.17. The van der Waals surface area contributed by atoms with Crippen molar-refractivity contribution in [1.82, 2.24) is 14.8 Å². The molecule has 5 nitrogen and oxygen atoms in total. The van der Waals surface area contributed by atoms with Crippen molar-refractivity contribution in [3.8, 4) is 0 Å². The highest BCUT2D eigenvalue weighted by atomic mass is 16.2. The third kappa shape index (κ3) is 4.67. The normalized spacial score (nSPS) is 23.6. The number of amides is 1. The summed E-state index contributed by atoms with van der Waals surface area (Å²) >= 11 is 0. The number of rotatable bonds is 4. The van der Waals surface area contributed by atoms with Gasteiger partial charge in [0, 0.05) is 43.2 Å². The van der Waals surface area contributed by atoms with Gasteiger partial charge in [0.1, 0.15) is 6.54 Å². The lowest BCUT2D eigenvalue weighted by Crippen LogP contribution is -2.51. The summed E-state index contributed by atoms with van der Waals surface area (Å²) in [6.45, 7) is 2.44. The smallest absolute Gasteiger partial charge is 0.240 e. The predicted octanol–water partition coefficient (Wildman–Crippen LogP) is 1.76. The van der Waals surface area contributed by atoms with Crippen LogP contribution in [0.4, 0.5) is 0 Å². The van der Waals surface area contributed by atoms with Crippen LogP contribution < -0.4 is 10.7 Å². The van der Waals surface area contributed by atoms with Crippen LogP contribution in [0.5, 0.6) is 0 Å². The van der Waals surface area contributed by atoms with Gasteiger partial charge in [-0.05, 0) is 32.2 Å². The average Bonchev–Trinajstić information content (AvgIpc) is 2.58. The van der Waals surface area contributed by atoms with E-state index in [4.69, 9.17) is 0 Å². The van der Waals surface area contributed by atoms with Crippen molar-refractivity contribution in [2.45, 2.75) is 63.6 Å². The van der Waals surface area contributed by atoms with Gasteiger partial charge in [0.2, 0.25) is 5.91 Å². The summed E-state index contributed by atoms with van der Waals surface area (Å²) in [6.07, 6.45) is 12.3. The first-order chi connectivity index (χ1) is 11.2. The molecule has 23 heavy (non-hydrogen) atoms. The quantitative estimate of drug-likeness (QED) is 0.921. The van der Waals surface area contributed by atoms with Gasteiger partial charge in [-0.2, -0.15) is 0 Å². The molecule has 2 fully saturated rings. The van der Waals surface area contributed by atoms with Crippen LogP contribution in [-0.4, -0.2) is 40.5 Å². The Labute approximate surface area is 137 Å². The Morgan fingerprint density at radius 2 is 1.83 bits per heavy atom. The number of pyridine rings is 1. The molecule has 0 radical (unpaired) electrons. The zero-order chi connectivity index (χ0) is 16.1. The molecule has 1 saturated carbocycles. The molecule has 1 saturated heterocycles. The molecular formula is C18H27N3O2. The van der Waals surface area contributed by atoms with Crippen molar-refractivity contribution in [1.29, 1.82) is 0 Å². The van der Waals surface area contributed by atoms with Crippen LogP contribution >= 0.6 is 0 Å². The molecule has 0 spiro atoms. The summed E-state index contributed by atoms with van der Waals surface area (Å²) in [5.74, 6) is 0.0316. The molecule has 1 unspecified atom stereocenters. The molecule has 2 heterocycles. The number of carbonyl (C=O) groups excluding carboxylic acids is 1. The van der Waals surface area contributed by atoms with Crippen molar-refractivity contribution in [2.24, 2.45) is 0 Å². The number of carbonyl (C=O) groups is 1. The lowest BCUT2D eigenvalue weighted by molar-refractivity contribution is -0.122. The zero-order valence-corrected chi connectivity index (χ0v) is 13.7. The van der Waals surface area contributed by atoms with Gasteiger partial charge in [-0.15, -0.1) is 0 Å². The van der Waals surface area contributed by atoms with E-state index >= 15 is 0 Å². The third-order valence-electron chi connectivity index (χ3n) is 5.10. The van der Waals surface area contributed by atoms with Crippen molar-refractivity contribution >= 4 is 5.91 Å². The molecule has 1 atom stereocenters. The molecule has 126 valence electrons. The van der Waals surface area contributed by atoms with E-state index < -0.39 is 0 Å². The number of aromatic nitrogens is 1. The van der Waals surface area contributed by atoms with Gasteiger partial charge in [-0.1, -0.05) is 19.3 Å². The van der Waals surface area contributed by atoms with Crippen LogP contribution in [0.3, 0.4) is 0 Å². The standard InChI is InChI=1S/C18H27N3O2/c22-17-8-11-20(12-9-17)14-18(23)19-15-5-4-10-21(13-15)16-6-2-1-3-7-16/h8-9,11-12,15-16H,1-7,10,13-14H2,(H,19,23). The maximum Gasteiger partial charge on any atom is 0.240 e. The summed E-state index contributed by atoms with van der Waals surface area (Å²) < 4.78 is 1.75. The number of piperidine rings is 1. The fourth-order valence-electron chi connectivity index (χ4n) is 3.89. The van der Waals surface area contributed by atoms with E-state index in [2.05, 4.69) is 10.2 Å². The van der Waals surface area contributed by atoms with Gasteiger partial charge < -0.3 is 9.88 Å². The second-order valence-corrected chi connectivity index (χ2v) is 6.90. The van der Waals surface area contributed by atoms with Crippen molar-refractivity contribution in [3.63, 3.8) is 0 Å². The monoisotopic (exact) mass is 317 g/mol. The van der Waals surface area contributed by atoms with Crippen molar-refractivity contribution < 1.29 is 4.79 Å². The molecule has 1 aromatic rings. The van der Waals surface area contributed by atoms with E-state index in [-0.39, 0.29) is 23.9 Å². The zero-order valence-electron chi connectivity index (χ0n) is 13.7. The van der Waals surface area contributed by atoms with Crippen LogP contribution in [-0.2, 0) is 11.3 Å². The molecular weight excluding hydrogens is 290 g/mol. The minimum atomic E-state index is -0.0305. The molecule has 2 aliphatic rings. The molecule has 1 aliphatic heterocycles. The number of nitrogens with zero attached hydrogens (tertiary/aromatic N) is 2. The minimum absolute atomic E-state index is 0.0305. The molecule has 1 aromatic heterocycles. The Morgan fingerprint density at radius 1 is 1.09 bits per heavy atom. The molecule has 0 aromatic carbocycles. The molecule has 5 heteroatoms. The first-order valence-corrected chi connectivity index (χ1v) is 8.90. The van der Waals surface area contributed by atoms with Gasteiger partial charge in [0.25, 0.3) is 0 Å². The summed E-state index contributed by atoms with van der Waals surface area (Å²) in [6, 6.07) is 3.96. The fourth-order valence-corrected chi connectivity index (χ4v) is 3.89. The van der Waals surface area contributed by atoms with Gasteiger partial charge in [0.05, 0.1) is 0 Å². The van der Waals surface area contributed by atoms with Crippen LogP contribution in [0.25, 0.3) is 0 Å². The van der Waals surface area contributed by atoms with Crippen LogP contribution in [0.1, 0.15) is 44.9 Å². The number of hydrogen-bond donors (Lipinski definition) is 1. The van der Waals surface area contributed by atoms with E-state index in [1.807, 2.05) is 0 Å².